The van der Waals surface area contributed by atoms with E-state index in [9.17, 15) is 14.4 Å². The molecule has 0 radical (unpaired) electrons. The topological polar surface area (TPSA) is 85.5 Å². The van der Waals surface area contributed by atoms with Crippen LogP contribution < -0.4 is 10.2 Å². The molecule has 1 aromatic heterocycles. The number of carbonyl (C=O) groups is 3. The number of urea groups is 1. The summed E-state index contributed by atoms with van der Waals surface area (Å²) in [6.07, 6.45) is 2.73. The number of aromatic amines is 1. The number of nitrogens with zero attached hydrogens (tertiary/aromatic N) is 2. The van der Waals surface area contributed by atoms with E-state index in [1.54, 1.807) is 29.2 Å². The Bertz CT molecular complexity index is 1260. The Morgan fingerprint density at radius 3 is 2.58 bits per heavy atom. The van der Waals surface area contributed by atoms with Crippen molar-refractivity contribution < 1.29 is 14.4 Å². The Morgan fingerprint density at radius 1 is 1.10 bits per heavy atom. The molecule has 0 spiro atoms. The van der Waals surface area contributed by atoms with Crippen LogP contribution in [0.4, 0.5) is 10.5 Å². The van der Waals surface area contributed by atoms with E-state index in [2.05, 4.69) is 10.3 Å². The lowest BCUT2D eigenvalue weighted by molar-refractivity contribution is -0.125. The number of carbonyl (C=O) groups excluding carboxylic acids is 3. The molecular weight excluding hydrogens is 392 g/mol. The van der Waals surface area contributed by atoms with Gasteiger partial charge in [-0.3, -0.25) is 9.59 Å². The van der Waals surface area contributed by atoms with Gasteiger partial charge in [-0.2, -0.15) is 0 Å². The molecule has 6 rings (SSSR count). The van der Waals surface area contributed by atoms with Crippen LogP contribution in [0.3, 0.4) is 0 Å². The normalized spacial score (nSPS) is 22.6. The fourth-order valence-electron chi connectivity index (χ4n) is 4.88. The average molecular weight is 414 g/mol. The van der Waals surface area contributed by atoms with Crippen molar-refractivity contribution in [3.05, 3.63) is 65.4 Å². The number of hydrogen-bond acceptors (Lipinski definition) is 3. The molecule has 7 nitrogen and oxygen atoms in total. The van der Waals surface area contributed by atoms with Crippen LogP contribution in [0.25, 0.3) is 10.9 Å². The highest BCUT2D eigenvalue weighted by atomic mass is 16.2. The number of benzene rings is 2. The van der Waals surface area contributed by atoms with E-state index in [0.717, 1.165) is 35.0 Å². The molecule has 2 aromatic carbocycles. The Balaban J connectivity index is 1.37. The molecule has 1 saturated carbocycles. The number of hydrogen-bond donors (Lipinski definition) is 2. The number of H-pyrrole nitrogens is 1. The van der Waals surface area contributed by atoms with Crippen LogP contribution in [0.15, 0.2) is 48.5 Å². The molecule has 2 fully saturated rings. The van der Waals surface area contributed by atoms with Crippen molar-refractivity contribution in [1.82, 2.24) is 15.2 Å². The van der Waals surface area contributed by atoms with Crippen molar-refractivity contribution in [3.8, 4) is 0 Å². The number of amides is 4. The van der Waals surface area contributed by atoms with E-state index in [4.69, 9.17) is 0 Å². The lowest BCUT2D eigenvalue weighted by Crippen LogP contribution is -2.49. The van der Waals surface area contributed by atoms with E-state index in [1.165, 1.54) is 4.90 Å². The van der Waals surface area contributed by atoms with Gasteiger partial charge in [-0.05, 0) is 62.1 Å². The van der Waals surface area contributed by atoms with Crippen LogP contribution in [-0.2, 0) is 16.8 Å². The second kappa shape index (κ2) is 6.20. The first-order valence-electron chi connectivity index (χ1n) is 10.7. The van der Waals surface area contributed by atoms with Crippen molar-refractivity contribution >= 4 is 34.4 Å². The quantitative estimate of drug-likeness (QED) is 0.645. The Morgan fingerprint density at radius 2 is 1.84 bits per heavy atom. The molecular formula is C24H22N4O3. The van der Waals surface area contributed by atoms with Gasteiger partial charge >= 0.3 is 6.03 Å². The second-order valence-electron chi connectivity index (χ2n) is 8.72. The minimum Gasteiger partial charge on any atom is -0.356 e. The standard InChI is InChI=1S/C24H22N4O3/c1-24-20-18(17-4-2-3-5-19(17)26-20)12-13-27(24)23(31)28(22(24)30)16-10-6-14(7-11-16)21(29)25-15-8-9-15/h2-7,10-11,15,26H,8-9,12-13H2,1H3,(H,25,29)/t24-/m1/s1. The van der Waals surface area contributed by atoms with Gasteiger partial charge in [-0.1, -0.05) is 18.2 Å². The third-order valence-corrected chi connectivity index (χ3v) is 6.77. The van der Waals surface area contributed by atoms with Crippen molar-refractivity contribution in [3.63, 3.8) is 0 Å². The molecule has 3 heterocycles. The predicted molar refractivity (Wildman–Crippen MR) is 116 cm³/mol. The molecule has 156 valence electrons. The fraction of sp³-hybridized carbons (Fsp3) is 0.292. The molecule has 1 aliphatic carbocycles. The smallest absolute Gasteiger partial charge is 0.332 e. The Labute approximate surface area is 179 Å². The summed E-state index contributed by atoms with van der Waals surface area (Å²) in [6.45, 7) is 2.30. The third-order valence-electron chi connectivity index (χ3n) is 6.77. The van der Waals surface area contributed by atoms with Crippen LogP contribution >= 0.6 is 0 Å². The summed E-state index contributed by atoms with van der Waals surface area (Å²) in [5, 5.41) is 4.05. The molecule has 7 heteroatoms. The van der Waals surface area contributed by atoms with Gasteiger partial charge in [0, 0.05) is 29.1 Å². The summed E-state index contributed by atoms with van der Waals surface area (Å²) in [5.74, 6) is -0.402. The summed E-state index contributed by atoms with van der Waals surface area (Å²) >= 11 is 0. The monoisotopic (exact) mass is 414 g/mol. The number of fused-ring (bicyclic) bond motifs is 5. The summed E-state index contributed by atoms with van der Waals surface area (Å²) in [7, 11) is 0. The van der Waals surface area contributed by atoms with Gasteiger partial charge in [0.05, 0.1) is 11.4 Å². The van der Waals surface area contributed by atoms with Crippen LogP contribution in [0, 0.1) is 0 Å². The molecule has 31 heavy (non-hydrogen) atoms. The molecule has 2 N–H and O–H groups in total. The molecule has 1 atom stereocenters. The van der Waals surface area contributed by atoms with E-state index in [0.29, 0.717) is 24.2 Å². The van der Waals surface area contributed by atoms with Crippen LogP contribution in [0.1, 0.15) is 41.4 Å². The Hall–Kier alpha value is -3.61. The molecule has 2 aliphatic heterocycles. The SMILES string of the molecule is C[C@@]12C(=O)N(c3ccc(C(=O)NC4CC4)cc3)C(=O)N1CCc1c2[nH]c2ccccc12. The summed E-state index contributed by atoms with van der Waals surface area (Å²) < 4.78 is 0. The zero-order valence-corrected chi connectivity index (χ0v) is 17.1. The number of para-hydroxylation sites is 1. The highest BCUT2D eigenvalue weighted by Crippen LogP contribution is 2.45. The van der Waals surface area contributed by atoms with Crippen molar-refractivity contribution in [1.29, 1.82) is 0 Å². The second-order valence-corrected chi connectivity index (χ2v) is 8.72. The fourth-order valence-corrected chi connectivity index (χ4v) is 4.88. The van der Waals surface area contributed by atoms with E-state index in [1.807, 2.05) is 31.2 Å². The lowest BCUT2D eigenvalue weighted by Gasteiger charge is -2.35. The molecule has 4 amide bonds. The lowest BCUT2D eigenvalue weighted by atomic mass is 9.87. The van der Waals surface area contributed by atoms with E-state index in [-0.39, 0.29) is 23.9 Å². The van der Waals surface area contributed by atoms with Gasteiger partial charge in [-0.25, -0.2) is 9.69 Å². The first-order valence-corrected chi connectivity index (χ1v) is 10.7. The highest BCUT2D eigenvalue weighted by molar-refractivity contribution is 6.23. The zero-order valence-electron chi connectivity index (χ0n) is 17.1. The maximum atomic E-state index is 13.6. The maximum Gasteiger partial charge on any atom is 0.332 e. The van der Waals surface area contributed by atoms with Crippen molar-refractivity contribution in [2.24, 2.45) is 0 Å². The maximum absolute atomic E-state index is 13.6. The largest absolute Gasteiger partial charge is 0.356 e. The number of nitrogens with one attached hydrogen (secondary N) is 2. The van der Waals surface area contributed by atoms with Gasteiger partial charge in [-0.15, -0.1) is 0 Å². The van der Waals surface area contributed by atoms with Crippen LogP contribution in [-0.4, -0.2) is 40.3 Å². The zero-order chi connectivity index (χ0) is 21.3. The van der Waals surface area contributed by atoms with Gasteiger partial charge in [0.1, 0.15) is 0 Å². The summed E-state index contributed by atoms with van der Waals surface area (Å²) in [5.41, 5.74) is 2.79. The van der Waals surface area contributed by atoms with Crippen LogP contribution in [0.2, 0.25) is 0 Å². The average Bonchev–Trinajstić information content (AvgIpc) is 3.47. The predicted octanol–water partition coefficient (Wildman–Crippen LogP) is 3.30. The number of anilines is 1. The molecule has 0 unspecified atom stereocenters. The van der Waals surface area contributed by atoms with Crippen molar-refractivity contribution in [2.75, 3.05) is 11.4 Å². The minimum absolute atomic E-state index is 0.125. The molecule has 3 aromatic rings. The third kappa shape index (κ3) is 2.49. The molecule has 1 saturated heterocycles. The highest BCUT2D eigenvalue weighted by Gasteiger charge is 2.59. The summed E-state index contributed by atoms with van der Waals surface area (Å²) in [6, 6.07) is 14.6. The van der Waals surface area contributed by atoms with Gasteiger partial charge in [0.25, 0.3) is 11.8 Å². The van der Waals surface area contributed by atoms with Gasteiger partial charge < -0.3 is 15.2 Å². The van der Waals surface area contributed by atoms with Gasteiger partial charge in [0.2, 0.25) is 0 Å². The van der Waals surface area contributed by atoms with E-state index >= 15 is 0 Å². The summed E-state index contributed by atoms with van der Waals surface area (Å²) in [4.78, 5) is 45.5. The van der Waals surface area contributed by atoms with Crippen LogP contribution in [0.5, 0.6) is 0 Å². The first-order chi connectivity index (χ1) is 15.0. The number of aromatic nitrogens is 1. The van der Waals surface area contributed by atoms with E-state index < -0.39 is 5.54 Å². The van der Waals surface area contributed by atoms with Gasteiger partial charge in [0.15, 0.2) is 5.54 Å². The molecule has 3 aliphatic rings. The number of imide groups is 1. The first kappa shape index (κ1) is 18.2. The number of rotatable bonds is 3. The molecule has 0 bridgehead atoms. The van der Waals surface area contributed by atoms with Crippen molar-refractivity contribution in [2.45, 2.75) is 37.8 Å². The minimum atomic E-state index is -1.08. The Kier molecular flexibility index (Phi) is 3.64.